The van der Waals surface area contributed by atoms with E-state index in [-0.39, 0.29) is 0 Å². The zero-order chi connectivity index (χ0) is 22.0. The second-order valence-electron chi connectivity index (χ2n) is 6.33. The van der Waals surface area contributed by atoms with Crippen molar-refractivity contribution in [3.05, 3.63) is 0 Å². The fourth-order valence-corrected chi connectivity index (χ4v) is 2.02. The van der Waals surface area contributed by atoms with Gasteiger partial charge in [0.2, 0.25) is 23.6 Å². The Hall–Kier alpha value is -2.77. The van der Waals surface area contributed by atoms with Crippen LogP contribution in [0.1, 0.15) is 20.3 Å². The number of carboxylic acid groups (broad SMARTS) is 1. The van der Waals surface area contributed by atoms with Gasteiger partial charge in [-0.2, -0.15) is 0 Å². The number of aliphatic hydroxyl groups is 2. The van der Waals surface area contributed by atoms with E-state index < -0.39 is 79.3 Å². The van der Waals surface area contributed by atoms with Crippen LogP contribution in [0.4, 0.5) is 0 Å². The first-order valence-corrected chi connectivity index (χ1v) is 8.34. The standard InChI is InChI=1S/C15H27N5O8/c1-6(2)11(15(27)28)20-14(26)9(5-22)19-13(25)8(4-21)18-12(24)7(16)3-10(17)23/h6-9,11,21-22H,3-5,16H2,1-2H3,(H2,17,23)(H,18,24)(H,19,25)(H,20,26)(H,27,28). The van der Waals surface area contributed by atoms with E-state index in [1.807, 2.05) is 0 Å². The second-order valence-corrected chi connectivity index (χ2v) is 6.33. The Labute approximate surface area is 160 Å². The second kappa shape index (κ2) is 11.8. The maximum atomic E-state index is 12.2. The van der Waals surface area contributed by atoms with Crippen molar-refractivity contribution in [1.29, 1.82) is 0 Å². The highest BCUT2D eigenvalue weighted by atomic mass is 16.4. The summed E-state index contributed by atoms with van der Waals surface area (Å²) in [6, 6.07) is -5.66. The molecule has 0 saturated carbocycles. The van der Waals surface area contributed by atoms with Crippen LogP contribution in [0, 0.1) is 5.92 Å². The monoisotopic (exact) mass is 405 g/mol. The van der Waals surface area contributed by atoms with Crippen LogP contribution in [-0.4, -0.2) is 82.3 Å². The van der Waals surface area contributed by atoms with Crippen molar-refractivity contribution in [2.75, 3.05) is 13.2 Å². The van der Waals surface area contributed by atoms with Crippen molar-refractivity contribution in [2.45, 2.75) is 44.4 Å². The van der Waals surface area contributed by atoms with Gasteiger partial charge in [0.15, 0.2) is 0 Å². The summed E-state index contributed by atoms with van der Waals surface area (Å²) < 4.78 is 0. The van der Waals surface area contributed by atoms with E-state index in [4.69, 9.17) is 16.6 Å². The number of amides is 4. The van der Waals surface area contributed by atoms with Crippen molar-refractivity contribution >= 4 is 29.6 Å². The maximum absolute atomic E-state index is 12.2. The van der Waals surface area contributed by atoms with Gasteiger partial charge in [0.1, 0.15) is 18.1 Å². The van der Waals surface area contributed by atoms with Crippen LogP contribution in [0.3, 0.4) is 0 Å². The Bertz CT molecular complexity index is 597. The summed E-state index contributed by atoms with van der Waals surface area (Å²) in [5.74, 6) is -5.55. The quantitative estimate of drug-likeness (QED) is 0.156. The summed E-state index contributed by atoms with van der Waals surface area (Å²) in [5, 5.41) is 34.0. The zero-order valence-electron chi connectivity index (χ0n) is 15.5. The van der Waals surface area contributed by atoms with Crippen molar-refractivity contribution in [3.8, 4) is 0 Å². The van der Waals surface area contributed by atoms with Gasteiger partial charge >= 0.3 is 5.97 Å². The van der Waals surface area contributed by atoms with Gasteiger partial charge in [-0.05, 0) is 5.92 Å². The Morgan fingerprint density at radius 1 is 0.857 bits per heavy atom. The fraction of sp³-hybridized carbons (Fsp3) is 0.667. The largest absolute Gasteiger partial charge is 0.480 e. The Morgan fingerprint density at radius 2 is 1.29 bits per heavy atom. The van der Waals surface area contributed by atoms with Gasteiger partial charge in [0, 0.05) is 0 Å². The first-order chi connectivity index (χ1) is 12.9. The van der Waals surface area contributed by atoms with Gasteiger partial charge in [0.05, 0.1) is 25.7 Å². The SMILES string of the molecule is CC(C)C(NC(=O)C(CO)NC(=O)C(CO)NC(=O)C(N)CC(N)=O)C(=O)O. The molecule has 28 heavy (non-hydrogen) atoms. The van der Waals surface area contributed by atoms with E-state index in [1.165, 1.54) is 0 Å². The van der Waals surface area contributed by atoms with E-state index >= 15 is 0 Å². The molecule has 13 nitrogen and oxygen atoms in total. The topological polar surface area (TPSA) is 234 Å². The predicted molar refractivity (Wildman–Crippen MR) is 94.2 cm³/mol. The van der Waals surface area contributed by atoms with Gasteiger partial charge in [-0.15, -0.1) is 0 Å². The van der Waals surface area contributed by atoms with E-state index in [2.05, 4.69) is 16.0 Å². The number of nitrogens with two attached hydrogens (primary N) is 2. The molecule has 0 bridgehead atoms. The van der Waals surface area contributed by atoms with Gasteiger partial charge in [-0.3, -0.25) is 19.2 Å². The molecule has 0 saturated heterocycles. The average Bonchev–Trinajstić information content (AvgIpc) is 2.59. The summed E-state index contributed by atoms with van der Waals surface area (Å²) >= 11 is 0. The Kier molecular flexibility index (Phi) is 10.7. The van der Waals surface area contributed by atoms with Crippen LogP contribution in [0.25, 0.3) is 0 Å². The highest BCUT2D eigenvalue weighted by molar-refractivity contribution is 5.95. The van der Waals surface area contributed by atoms with Crippen molar-refractivity contribution in [3.63, 3.8) is 0 Å². The molecule has 0 aromatic rings. The molecule has 0 fully saturated rings. The number of aliphatic carboxylic acids is 1. The first-order valence-electron chi connectivity index (χ1n) is 8.34. The summed E-state index contributed by atoms with van der Waals surface area (Å²) in [6.45, 7) is 1.37. The third-order valence-electron chi connectivity index (χ3n) is 3.62. The highest BCUT2D eigenvalue weighted by Crippen LogP contribution is 2.02. The van der Waals surface area contributed by atoms with Crippen molar-refractivity contribution in [2.24, 2.45) is 17.4 Å². The summed E-state index contributed by atoms with van der Waals surface area (Å²) in [5.41, 5.74) is 10.3. The molecule has 160 valence electrons. The van der Waals surface area contributed by atoms with Gasteiger partial charge in [-0.1, -0.05) is 13.8 Å². The van der Waals surface area contributed by atoms with E-state index in [1.54, 1.807) is 13.8 Å². The summed E-state index contributed by atoms with van der Waals surface area (Å²) in [4.78, 5) is 58.0. The van der Waals surface area contributed by atoms with Crippen LogP contribution in [0.15, 0.2) is 0 Å². The molecule has 0 aliphatic heterocycles. The van der Waals surface area contributed by atoms with Crippen LogP contribution in [0.5, 0.6) is 0 Å². The van der Waals surface area contributed by atoms with Crippen LogP contribution in [-0.2, 0) is 24.0 Å². The first kappa shape index (κ1) is 25.2. The number of carboxylic acids is 1. The van der Waals surface area contributed by atoms with Crippen LogP contribution < -0.4 is 27.4 Å². The Morgan fingerprint density at radius 3 is 1.64 bits per heavy atom. The number of aliphatic hydroxyl groups excluding tert-OH is 2. The van der Waals surface area contributed by atoms with Crippen molar-refractivity contribution in [1.82, 2.24) is 16.0 Å². The van der Waals surface area contributed by atoms with Crippen molar-refractivity contribution < 1.29 is 39.3 Å². The predicted octanol–water partition coefficient (Wildman–Crippen LogP) is -4.63. The molecule has 4 amide bonds. The van der Waals surface area contributed by atoms with E-state index in [9.17, 15) is 34.2 Å². The molecule has 4 atom stereocenters. The minimum atomic E-state index is -1.53. The molecule has 13 heteroatoms. The number of carbonyl (C=O) groups excluding carboxylic acids is 4. The molecular weight excluding hydrogens is 378 g/mol. The number of hydrogen-bond donors (Lipinski definition) is 8. The molecule has 0 rings (SSSR count). The molecule has 4 unspecified atom stereocenters. The number of primary amides is 1. The van der Waals surface area contributed by atoms with Gasteiger partial charge in [0.25, 0.3) is 0 Å². The molecular formula is C15H27N5O8. The van der Waals surface area contributed by atoms with E-state index in [0.717, 1.165) is 0 Å². The summed E-state index contributed by atoms with van der Waals surface area (Å²) in [7, 11) is 0. The highest BCUT2D eigenvalue weighted by Gasteiger charge is 2.30. The Balaban J connectivity index is 4.99. The molecule has 0 aromatic carbocycles. The average molecular weight is 405 g/mol. The van der Waals surface area contributed by atoms with Crippen LogP contribution in [0.2, 0.25) is 0 Å². The number of nitrogens with one attached hydrogen (secondary N) is 3. The fourth-order valence-electron chi connectivity index (χ4n) is 2.02. The lowest BCUT2D eigenvalue weighted by Crippen LogP contribution is -2.59. The molecule has 0 aliphatic carbocycles. The molecule has 0 heterocycles. The molecule has 0 radical (unpaired) electrons. The minimum Gasteiger partial charge on any atom is -0.480 e. The van der Waals surface area contributed by atoms with E-state index in [0.29, 0.717) is 0 Å². The molecule has 0 aliphatic rings. The molecule has 10 N–H and O–H groups in total. The van der Waals surface area contributed by atoms with Crippen LogP contribution >= 0.6 is 0 Å². The number of rotatable bonds is 12. The molecule has 0 spiro atoms. The smallest absolute Gasteiger partial charge is 0.326 e. The minimum absolute atomic E-state index is 0.465. The third-order valence-corrected chi connectivity index (χ3v) is 3.62. The zero-order valence-corrected chi connectivity index (χ0v) is 15.5. The van der Waals surface area contributed by atoms with Gasteiger partial charge in [-0.25, -0.2) is 4.79 Å². The summed E-state index contributed by atoms with van der Waals surface area (Å²) in [6.07, 6.45) is -0.487. The normalized spacial score (nSPS) is 15.1. The third kappa shape index (κ3) is 8.28. The maximum Gasteiger partial charge on any atom is 0.326 e. The van der Waals surface area contributed by atoms with Gasteiger partial charge < -0.3 is 42.7 Å². The number of carbonyl (C=O) groups is 5. The lowest BCUT2D eigenvalue weighted by Gasteiger charge is -2.24. The number of hydrogen-bond acceptors (Lipinski definition) is 8. The lowest BCUT2D eigenvalue weighted by molar-refractivity contribution is -0.143. The lowest BCUT2D eigenvalue weighted by atomic mass is 10.0. The molecule has 0 aromatic heterocycles.